The first-order valence-electron chi connectivity index (χ1n) is 8.09. The Labute approximate surface area is 152 Å². The van der Waals surface area contributed by atoms with Crippen molar-refractivity contribution >= 4 is 17.7 Å². The van der Waals surface area contributed by atoms with E-state index in [9.17, 15) is 9.90 Å². The summed E-state index contributed by atoms with van der Waals surface area (Å²) in [6, 6.07) is 17.2. The second-order valence-corrected chi connectivity index (χ2v) is 7.92. The van der Waals surface area contributed by atoms with Crippen LogP contribution in [-0.2, 0) is 4.79 Å². The molecule has 0 radical (unpaired) electrons. The summed E-state index contributed by atoms with van der Waals surface area (Å²) in [6.07, 6.45) is 0. The Morgan fingerprint density at radius 2 is 1.68 bits per heavy atom. The molecular formula is C19H22N2O3S. The molecule has 6 heteroatoms. The van der Waals surface area contributed by atoms with Gasteiger partial charge in [0.1, 0.15) is 16.2 Å². The summed E-state index contributed by atoms with van der Waals surface area (Å²) in [5, 5.41) is 9.88. The van der Waals surface area contributed by atoms with Crippen LogP contribution in [0.25, 0.3) is 0 Å². The van der Waals surface area contributed by atoms with E-state index in [2.05, 4.69) is 0 Å². The predicted molar refractivity (Wildman–Crippen MR) is 99.3 cm³/mol. The molecule has 0 atom stereocenters. The molecule has 1 heterocycles. The Morgan fingerprint density at radius 3 is 2.32 bits per heavy atom. The Kier molecular flexibility index (Phi) is 5.32. The number of carbonyl (C=O) groups is 1. The van der Waals surface area contributed by atoms with E-state index >= 15 is 0 Å². The molecule has 0 amide bonds. The number of carboxylic acids is 1. The first kappa shape index (κ1) is 17.8. The number of nitrogens with zero attached hydrogens (tertiary/aromatic N) is 2. The van der Waals surface area contributed by atoms with E-state index in [4.69, 9.17) is 4.74 Å². The van der Waals surface area contributed by atoms with E-state index in [1.54, 1.807) is 0 Å². The van der Waals surface area contributed by atoms with Crippen LogP contribution in [0.5, 0.6) is 11.5 Å². The van der Waals surface area contributed by atoms with Gasteiger partial charge in [0, 0.05) is 18.0 Å². The maximum absolute atomic E-state index is 12.0. The van der Waals surface area contributed by atoms with Crippen LogP contribution in [-0.4, -0.2) is 59.5 Å². The van der Waals surface area contributed by atoms with Gasteiger partial charge in [-0.25, -0.2) is 0 Å². The van der Waals surface area contributed by atoms with Gasteiger partial charge in [-0.3, -0.25) is 14.6 Å². The molecule has 0 saturated carbocycles. The van der Waals surface area contributed by atoms with Crippen molar-refractivity contribution in [1.82, 2.24) is 9.80 Å². The van der Waals surface area contributed by atoms with Crippen molar-refractivity contribution in [2.45, 2.75) is 9.64 Å². The molecule has 2 aromatic rings. The molecule has 1 aliphatic rings. The van der Waals surface area contributed by atoms with E-state index in [-0.39, 0.29) is 0 Å². The summed E-state index contributed by atoms with van der Waals surface area (Å²) in [4.78, 5) is 17.0. The van der Waals surface area contributed by atoms with Gasteiger partial charge in [-0.05, 0) is 44.4 Å². The summed E-state index contributed by atoms with van der Waals surface area (Å²) in [5.74, 6) is 0.675. The zero-order valence-corrected chi connectivity index (χ0v) is 15.2. The van der Waals surface area contributed by atoms with Crippen LogP contribution < -0.4 is 4.74 Å². The molecule has 1 fully saturated rings. The summed E-state index contributed by atoms with van der Waals surface area (Å²) < 4.78 is 4.97. The Hall–Kier alpha value is -2.02. The van der Waals surface area contributed by atoms with Crippen molar-refractivity contribution in [3.63, 3.8) is 0 Å². The van der Waals surface area contributed by atoms with Crippen molar-refractivity contribution in [3.8, 4) is 11.5 Å². The normalized spacial score (nSPS) is 18.0. The average Bonchev–Trinajstić information content (AvgIpc) is 2.55. The highest BCUT2D eigenvalue weighted by Gasteiger charge is 2.44. The summed E-state index contributed by atoms with van der Waals surface area (Å²) >= 11 is 1.39. The maximum atomic E-state index is 12.0. The molecule has 2 aromatic carbocycles. The van der Waals surface area contributed by atoms with Crippen molar-refractivity contribution in [2.24, 2.45) is 0 Å². The van der Waals surface area contributed by atoms with Crippen LogP contribution in [0.4, 0.5) is 0 Å². The third-order valence-electron chi connectivity index (χ3n) is 4.02. The lowest BCUT2D eigenvalue weighted by Crippen LogP contribution is -2.59. The minimum atomic E-state index is -0.896. The molecule has 25 heavy (non-hydrogen) atoms. The number of rotatable bonds is 5. The monoisotopic (exact) mass is 358 g/mol. The average molecular weight is 358 g/mol. The van der Waals surface area contributed by atoms with E-state index in [0.717, 1.165) is 17.3 Å². The predicted octanol–water partition coefficient (Wildman–Crippen LogP) is 3.23. The van der Waals surface area contributed by atoms with Crippen molar-refractivity contribution < 1.29 is 14.6 Å². The lowest BCUT2D eigenvalue weighted by molar-refractivity contribution is -0.142. The summed E-state index contributed by atoms with van der Waals surface area (Å²) in [6.45, 7) is 1.77. The molecule has 0 unspecified atom stereocenters. The van der Waals surface area contributed by atoms with Gasteiger partial charge in [-0.15, -0.1) is 11.8 Å². The number of hydrogen-bond donors (Lipinski definition) is 1. The number of aliphatic carboxylic acids is 1. The quantitative estimate of drug-likeness (QED) is 0.886. The molecular weight excluding hydrogens is 336 g/mol. The number of benzene rings is 2. The first-order valence-corrected chi connectivity index (χ1v) is 8.91. The van der Waals surface area contributed by atoms with Gasteiger partial charge in [0.15, 0.2) is 0 Å². The molecule has 5 nitrogen and oxygen atoms in total. The molecule has 1 N–H and O–H groups in total. The second-order valence-electron chi connectivity index (χ2n) is 6.46. The second kappa shape index (κ2) is 7.47. The largest absolute Gasteiger partial charge is 0.480 e. The molecule has 3 rings (SSSR count). The molecule has 0 aromatic heterocycles. The molecule has 132 valence electrons. The maximum Gasteiger partial charge on any atom is 0.322 e. The SMILES string of the molecule is CN1CN(C)CC(Sc2cccc(Oc3ccccc3)c2)(C(=O)O)C1. The molecule has 1 saturated heterocycles. The number of ether oxygens (including phenoxy) is 1. The summed E-state index contributed by atoms with van der Waals surface area (Å²) in [7, 11) is 3.89. The van der Waals surface area contributed by atoms with Crippen LogP contribution in [0, 0.1) is 0 Å². The van der Waals surface area contributed by atoms with Gasteiger partial charge in [-0.2, -0.15) is 0 Å². The van der Waals surface area contributed by atoms with Gasteiger partial charge in [0.25, 0.3) is 0 Å². The fraction of sp³-hybridized carbons (Fsp3) is 0.316. The third-order valence-corrected chi connectivity index (χ3v) is 5.33. The van der Waals surface area contributed by atoms with Gasteiger partial charge in [-0.1, -0.05) is 24.3 Å². The highest BCUT2D eigenvalue weighted by molar-refractivity contribution is 8.01. The lowest BCUT2D eigenvalue weighted by Gasteiger charge is -2.42. The molecule has 0 bridgehead atoms. The fourth-order valence-electron chi connectivity index (χ4n) is 3.13. The first-order chi connectivity index (χ1) is 12.0. The van der Waals surface area contributed by atoms with Crippen molar-refractivity contribution in [2.75, 3.05) is 33.9 Å². The Bertz CT molecular complexity index is 728. The lowest BCUT2D eigenvalue weighted by atomic mass is 10.1. The van der Waals surface area contributed by atoms with Crippen molar-refractivity contribution in [3.05, 3.63) is 54.6 Å². The van der Waals surface area contributed by atoms with Crippen LogP contribution in [0.1, 0.15) is 0 Å². The summed E-state index contributed by atoms with van der Waals surface area (Å²) in [5.41, 5.74) is 0. The Balaban J connectivity index is 1.81. The highest BCUT2D eigenvalue weighted by Crippen LogP contribution is 2.38. The third kappa shape index (κ3) is 4.34. The van der Waals surface area contributed by atoms with E-state index < -0.39 is 10.7 Å². The Morgan fingerprint density at radius 1 is 1.04 bits per heavy atom. The van der Waals surface area contributed by atoms with Gasteiger partial charge < -0.3 is 9.84 Å². The van der Waals surface area contributed by atoms with Gasteiger partial charge in [0.05, 0.1) is 6.67 Å². The fourth-order valence-corrected chi connectivity index (χ4v) is 4.56. The topological polar surface area (TPSA) is 53.0 Å². The number of para-hydroxylation sites is 1. The smallest absolute Gasteiger partial charge is 0.322 e. The molecule has 0 aliphatic carbocycles. The van der Waals surface area contributed by atoms with Crippen molar-refractivity contribution in [1.29, 1.82) is 0 Å². The van der Waals surface area contributed by atoms with E-state index in [1.165, 1.54) is 11.8 Å². The highest BCUT2D eigenvalue weighted by atomic mass is 32.2. The van der Waals surface area contributed by atoms with E-state index in [1.807, 2.05) is 78.5 Å². The van der Waals surface area contributed by atoms with Crippen LogP contribution >= 0.6 is 11.8 Å². The van der Waals surface area contributed by atoms with Crippen LogP contribution in [0.15, 0.2) is 59.5 Å². The zero-order chi connectivity index (χ0) is 17.9. The number of thioether (sulfide) groups is 1. The minimum Gasteiger partial charge on any atom is -0.480 e. The minimum absolute atomic E-state index is 0.501. The molecule has 1 aliphatic heterocycles. The molecule has 0 spiro atoms. The number of hydrogen-bond acceptors (Lipinski definition) is 5. The van der Waals surface area contributed by atoms with Gasteiger partial charge in [0.2, 0.25) is 0 Å². The van der Waals surface area contributed by atoms with E-state index in [0.29, 0.717) is 18.8 Å². The van der Waals surface area contributed by atoms with Gasteiger partial charge >= 0.3 is 5.97 Å². The number of carboxylic acid groups (broad SMARTS) is 1. The van der Waals surface area contributed by atoms with Crippen LogP contribution in [0.3, 0.4) is 0 Å². The zero-order valence-electron chi connectivity index (χ0n) is 14.4. The van der Waals surface area contributed by atoms with Crippen LogP contribution in [0.2, 0.25) is 0 Å². The standard InChI is InChI=1S/C19H22N2O3S/c1-20-12-19(18(22)23,13-21(2)14-20)25-17-10-6-9-16(11-17)24-15-7-4-3-5-8-15/h3-11H,12-14H2,1-2H3,(H,22,23).